The van der Waals surface area contributed by atoms with Crippen LogP contribution in [0.25, 0.3) is 4.85 Å². The molecule has 14 heavy (non-hydrogen) atoms. The Morgan fingerprint density at radius 1 is 1.36 bits per heavy atom. The summed E-state index contributed by atoms with van der Waals surface area (Å²) in [6, 6.07) is 8.51. The van der Waals surface area contributed by atoms with E-state index in [4.69, 9.17) is 6.57 Å². The molecule has 72 valence electrons. The minimum Gasteiger partial charge on any atom is -0.316 e. The summed E-state index contributed by atoms with van der Waals surface area (Å²) in [6.45, 7) is 9.86. The van der Waals surface area contributed by atoms with Crippen LogP contribution < -0.4 is 0 Å². The molecule has 0 radical (unpaired) electrons. The van der Waals surface area contributed by atoms with E-state index in [9.17, 15) is 0 Å². The number of hydrogen-bond acceptors (Lipinski definition) is 0. The monoisotopic (exact) mass is 185 g/mol. The molecule has 0 atom stereocenters. The van der Waals surface area contributed by atoms with Crippen LogP contribution in [0.15, 0.2) is 24.3 Å². The molecule has 0 unspecified atom stereocenters. The Hall–Kier alpha value is -1.29. The normalized spacial score (nSPS) is 18.3. The Balaban J connectivity index is 2.37. The van der Waals surface area contributed by atoms with Crippen molar-refractivity contribution in [1.82, 2.24) is 0 Å². The van der Waals surface area contributed by atoms with E-state index in [-0.39, 0.29) is 5.41 Å². The summed E-state index contributed by atoms with van der Waals surface area (Å²) in [5.41, 5.74) is 2.95. The van der Waals surface area contributed by atoms with Crippen molar-refractivity contribution in [3.63, 3.8) is 0 Å². The predicted octanol–water partition coefficient (Wildman–Crippen LogP) is 3.34. The largest absolute Gasteiger partial charge is 0.316 e. The minimum atomic E-state index is 0.201. The van der Waals surface area contributed by atoms with E-state index in [0.717, 1.165) is 0 Å². The maximum Gasteiger partial charge on any atom is 0.224 e. The van der Waals surface area contributed by atoms with Gasteiger partial charge in [0, 0.05) is 0 Å². The van der Waals surface area contributed by atoms with Crippen LogP contribution in [-0.4, -0.2) is 6.54 Å². The molecule has 0 bridgehead atoms. The molecule has 1 aromatic carbocycles. The van der Waals surface area contributed by atoms with Crippen LogP contribution in [0.5, 0.6) is 0 Å². The van der Waals surface area contributed by atoms with Gasteiger partial charge in [0.25, 0.3) is 0 Å². The van der Waals surface area contributed by atoms with E-state index in [2.05, 4.69) is 36.0 Å². The lowest BCUT2D eigenvalue weighted by Crippen LogP contribution is -2.37. The second kappa shape index (κ2) is 3.46. The zero-order valence-electron chi connectivity index (χ0n) is 8.59. The molecule has 1 fully saturated rings. The van der Waals surface area contributed by atoms with E-state index in [1.807, 2.05) is 0 Å². The molecular formula is C13H15N. The number of aryl methyl sites for hydroxylation is 1. The summed E-state index contributed by atoms with van der Waals surface area (Å²) in [5, 5.41) is 0. The fourth-order valence-electron chi connectivity index (χ4n) is 2.44. The Morgan fingerprint density at radius 2 is 2.07 bits per heavy atom. The zero-order chi connectivity index (χ0) is 10.0. The van der Waals surface area contributed by atoms with Gasteiger partial charge in [-0.1, -0.05) is 30.7 Å². The smallest absolute Gasteiger partial charge is 0.224 e. The summed E-state index contributed by atoms with van der Waals surface area (Å²) in [5.74, 6) is 0. The topological polar surface area (TPSA) is 4.36 Å². The minimum absolute atomic E-state index is 0.201. The summed E-state index contributed by atoms with van der Waals surface area (Å²) in [6.07, 6.45) is 3.67. The van der Waals surface area contributed by atoms with E-state index in [1.54, 1.807) is 0 Å². The highest BCUT2D eigenvalue weighted by molar-refractivity contribution is 5.36. The summed E-state index contributed by atoms with van der Waals surface area (Å²) in [4.78, 5) is 3.60. The molecule has 0 N–H and O–H groups in total. The number of nitrogens with zero attached hydrogens (tertiary/aromatic N) is 1. The Bertz CT molecular complexity index is 369. The van der Waals surface area contributed by atoms with E-state index in [0.29, 0.717) is 6.54 Å². The second-order valence-corrected chi connectivity index (χ2v) is 4.27. The van der Waals surface area contributed by atoms with E-state index >= 15 is 0 Å². The van der Waals surface area contributed by atoms with Gasteiger partial charge in [-0.15, -0.1) is 0 Å². The average Bonchev–Trinajstić information content (AvgIpc) is 2.13. The number of rotatable bonds is 2. The molecule has 1 aliphatic rings. The van der Waals surface area contributed by atoms with Crippen molar-refractivity contribution in [2.24, 2.45) is 0 Å². The van der Waals surface area contributed by atoms with Crippen molar-refractivity contribution in [2.75, 3.05) is 6.54 Å². The third-order valence-electron chi connectivity index (χ3n) is 3.41. The molecular weight excluding hydrogens is 170 g/mol. The van der Waals surface area contributed by atoms with Crippen LogP contribution >= 0.6 is 0 Å². The summed E-state index contributed by atoms with van der Waals surface area (Å²) >= 11 is 0. The molecule has 1 aliphatic carbocycles. The van der Waals surface area contributed by atoms with Crippen molar-refractivity contribution in [3.8, 4) is 0 Å². The second-order valence-electron chi connectivity index (χ2n) is 4.27. The quantitative estimate of drug-likeness (QED) is 0.622. The third-order valence-corrected chi connectivity index (χ3v) is 3.41. The lowest BCUT2D eigenvalue weighted by Gasteiger charge is -2.38. The fourth-order valence-corrected chi connectivity index (χ4v) is 2.44. The molecule has 0 saturated heterocycles. The molecule has 1 nitrogen and oxygen atoms in total. The van der Waals surface area contributed by atoms with Gasteiger partial charge < -0.3 is 4.85 Å². The predicted molar refractivity (Wildman–Crippen MR) is 58.2 cm³/mol. The molecule has 1 saturated carbocycles. The average molecular weight is 185 g/mol. The van der Waals surface area contributed by atoms with Gasteiger partial charge in [-0.2, -0.15) is 0 Å². The molecule has 0 aromatic heterocycles. The van der Waals surface area contributed by atoms with Gasteiger partial charge in [-0.05, 0) is 30.9 Å². The van der Waals surface area contributed by atoms with Gasteiger partial charge in [0.15, 0.2) is 0 Å². The van der Waals surface area contributed by atoms with Crippen LogP contribution in [0.3, 0.4) is 0 Å². The Kier molecular flexibility index (Phi) is 2.29. The third kappa shape index (κ3) is 1.32. The molecule has 1 heteroatoms. The number of benzene rings is 1. The standard InChI is InChI=1S/C13H15N/c1-11-6-3-4-7-12(11)13(10-14-2)8-5-9-13/h3-4,6-7H,5,8-10H2,1H3. The van der Waals surface area contributed by atoms with E-state index < -0.39 is 0 Å². The summed E-state index contributed by atoms with van der Waals surface area (Å²) in [7, 11) is 0. The molecule has 0 amide bonds. The first-order chi connectivity index (χ1) is 6.78. The van der Waals surface area contributed by atoms with Gasteiger partial charge in [-0.3, -0.25) is 0 Å². The molecule has 0 spiro atoms. The van der Waals surface area contributed by atoms with Crippen molar-refractivity contribution in [1.29, 1.82) is 0 Å². The van der Waals surface area contributed by atoms with Crippen molar-refractivity contribution in [3.05, 3.63) is 46.8 Å². The van der Waals surface area contributed by atoms with Crippen molar-refractivity contribution >= 4 is 0 Å². The zero-order valence-corrected chi connectivity index (χ0v) is 8.59. The maximum absolute atomic E-state index is 7.04. The van der Waals surface area contributed by atoms with Crippen LogP contribution in [-0.2, 0) is 5.41 Å². The highest BCUT2D eigenvalue weighted by Gasteiger charge is 2.42. The van der Waals surface area contributed by atoms with Crippen LogP contribution in [0.1, 0.15) is 30.4 Å². The van der Waals surface area contributed by atoms with Crippen LogP contribution in [0, 0.1) is 13.5 Å². The van der Waals surface area contributed by atoms with E-state index in [1.165, 1.54) is 30.4 Å². The highest BCUT2D eigenvalue weighted by atomic mass is 14.7. The van der Waals surface area contributed by atoms with Crippen molar-refractivity contribution < 1.29 is 0 Å². The van der Waals surface area contributed by atoms with Crippen LogP contribution in [0.2, 0.25) is 0 Å². The molecule has 1 aromatic rings. The lowest BCUT2D eigenvalue weighted by atomic mass is 9.63. The lowest BCUT2D eigenvalue weighted by molar-refractivity contribution is 0.265. The van der Waals surface area contributed by atoms with Crippen LogP contribution in [0.4, 0.5) is 0 Å². The van der Waals surface area contributed by atoms with Gasteiger partial charge in [0.1, 0.15) is 0 Å². The molecule has 0 aliphatic heterocycles. The maximum atomic E-state index is 7.04. The summed E-state index contributed by atoms with van der Waals surface area (Å²) < 4.78 is 0. The van der Waals surface area contributed by atoms with Gasteiger partial charge in [0.2, 0.25) is 6.54 Å². The first kappa shape index (κ1) is 9.27. The molecule has 2 rings (SSSR count). The Labute approximate surface area is 85.6 Å². The van der Waals surface area contributed by atoms with Gasteiger partial charge >= 0.3 is 0 Å². The molecule has 0 heterocycles. The first-order valence-electron chi connectivity index (χ1n) is 5.18. The van der Waals surface area contributed by atoms with Gasteiger partial charge in [0.05, 0.1) is 5.41 Å². The first-order valence-corrected chi connectivity index (χ1v) is 5.18. The SMILES string of the molecule is [C-]#[N+]CC1(c2ccccc2C)CCC1. The Morgan fingerprint density at radius 3 is 2.57 bits per heavy atom. The fraction of sp³-hybridized carbons (Fsp3) is 0.462. The van der Waals surface area contributed by atoms with Crippen molar-refractivity contribution in [2.45, 2.75) is 31.6 Å². The highest BCUT2D eigenvalue weighted by Crippen LogP contribution is 2.45. The number of hydrogen-bond donors (Lipinski definition) is 0. The van der Waals surface area contributed by atoms with Gasteiger partial charge in [-0.25, -0.2) is 6.57 Å².